The van der Waals surface area contributed by atoms with E-state index >= 15 is 0 Å². The number of amides is 1. The number of aromatic nitrogens is 1. The SMILES string of the molecule is C[C@H](OC(=O)c1ccc[nH]1)C(=O)Nc1ccc2c(c1)OCO2. The van der Waals surface area contributed by atoms with Gasteiger partial charge in [0.15, 0.2) is 17.6 Å². The number of carbonyl (C=O) groups is 2. The van der Waals surface area contributed by atoms with Crippen molar-refractivity contribution in [2.24, 2.45) is 0 Å². The van der Waals surface area contributed by atoms with Crippen molar-refractivity contribution in [1.82, 2.24) is 4.98 Å². The molecule has 22 heavy (non-hydrogen) atoms. The van der Waals surface area contributed by atoms with Crippen molar-refractivity contribution in [3.8, 4) is 11.5 Å². The molecule has 0 spiro atoms. The standard InChI is InChI=1S/C15H14N2O5/c1-9(22-15(19)11-3-2-6-16-11)14(18)17-10-4-5-12-13(7-10)21-8-20-12/h2-7,9,16H,8H2,1H3,(H,17,18)/t9-/m0/s1. The Bertz CT molecular complexity index is 696. The van der Waals surface area contributed by atoms with E-state index in [1.165, 1.54) is 6.92 Å². The summed E-state index contributed by atoms with van der Waals surface area (Å²) in [4.78, 5) is 26.5. The molecule has 0 saturated heterocycles. The normalized spacial score (nSPS) is 13.5. The molecule has 114 valence electrons. The molecule has 7 heteroatoms. The first kappa shape index (κ1) is 14.0. The van der Waals surface area contributed by atoms with E-state index in [1.54, 1.807) is 36.5 Å². The third-order valence-corrected chi connectivity index (χ3v) is 3.11. The molecule has 1 aromatic heterocycles. The van der Waals surface area contributed by atoms with Crippen LogP contribution in [0.5, 0.6) is 11.5 Å². The van der Waals surface area contributed by atoms with Crippen LogP contribution in [0, 0.1) is 0 Å². The summed E-state index contributed by atoms with van der Waals surface area (Å²) in [7, 11) is 0. The Labute approximate surface area is 126 Å². The summed E-state index contributed by atoms with van der Waals surface area (Å²) in [5, 5.41) is 2.66. The number of ether oxygens (including phenoxy) is 3. The highest BCUT2D eigenvalue weighted by Crippen LogP contribution is 2.34. The van der Waals surface area contributed by atoms with Gasteiger partial charge in [0.25, 0.3) is 5.91 Å². The third-order valence-electron chi connectivity index (χ3n) is 3.11. The molecule has 1 atom stereocenters. The Morgan fingerprint density at radius 1 is 1.27 bits per heavy atom. The Morgan fingerprint density at radius 3 is 2.86 bits per heavy atom. The molecule has 0 saturated carbocycles. The lowest BCUT2D eigenvalue weighted by Gasteiger charge is -2.13. The van der Waals surface area contributed by atoms with E-state index in [4.69, 9.17) is 14.2 Å². The van der Waals surface area contributed by atoms with Crippen molar-refractivity contribution < 1.29 is 23.8 Å². The van der Waals surface area contributed by atoms with E-state index in [0.29, 0.717) is 22.9 Å². The van der Waals surface area contributed by atoms with Crippen molar-refractivity contribution in [3.63, 3.8) is 0 Å². The molecule has 0 unspecified atom stereocenters. The summed E-state index contributed by atoms with van der Waals surface area (Å²) in [5.41, 5.74) is 0.833. The maximum absolute atomic E-state index is 12.0. The van der Waals surface area contributed by atoms with Gasteiger partial charge in [-0.15, -0.1) is 0 Å². The first-order valence-corrected chi connectivity index (χ1v) is 6.68. The highest BCUT2D eigenvalue weighted by molar-refractivity contribution is 5.97. The van der Waals surface area contributed by atoms with Gasteiger partial charge in [0, 0.05) is 18.0 Å². The van der Waals surface area contributed by atoms with E-state index in [2.05, 4.69) is 10.3 Å². The minimum absolute atomic E-state index is 0.164. The lowest BCUT2D eigenvalue weighted by atomic mass is 10.2. The average Bonchev–Trinajstić information content (AvgIpc) is 3.18. The van der Waals surface area contributed by atoms with Gasteiger partial charge < -0.3 is 24.5 Å². The first-order chi connectivity index (χ1) is 10.6. The first-order valence-electron chi connectivity index (χ1n) is 6.68. The number of esters is 1. The van der Waals surface area contributed by atoms with Crippen LogP contribution in [0.1, 0.15) is 17.4 Å². The minimum Gasteiger partial charge on any atom is -0.454 e. The van der Waals surface area contributed by atoms with Crippen LogP contribution in [0.4, 0.5) is 5.69 Å². The smallest absolute Gasteiger partial charge is 0.355 e. The molecule has 2 N–H and O–H groups in total. The molecule has 3 rings (SSSR count). The molecule has 0 bridgehead atoms. The van der Waals surface area contributed by atoms with Gasteiger partial charge in [0.1, 0.15) is 5.69 Å². The van der Waals surface area contributed by atoms with E-state index in [1.807, 2.05) is 0 Å². The van der Waals surface area contributed by atoms with Crippen molar-refractivity contribution in [3.05, 3.63) is 42.2 Å². The quantitative estimate of drug-likeness (QED) is 0.842. The number of carbonyl (C=O) groups excluding carboxylic acids is 2. The van der Waals surface area contributed by atoms with Crippen molar-refractivity contribution in [1.29, 1.82) is 0 Å². The van der Waals surface area contributed by atoms with Gasteiger partial charge in [0.2, 0.25) is 6.79 Å². The summed E-state index contributed by atoms with van der Waals surface area (Å²) in [6, 6.07) is 8.29. The predicted octanol–water partition coefficient (Wildman–Crippen LogP) is 1.93. The van der Waals surface area contributed by atoms with Crippen LogP contribution in [0.2, 0.25) is 0 Å². The zero-order valence-electron chi connectivity index (χ0n) is 11.8. The number of rotatable bonds is 4. The number of fused-ring (bicyclic) bond motifs is 1. The van der Waals surface area contributed by atoms with E-state index < -0.39 is 18.0 Å². The summed E-state index contributed by atoms with van der Waals surface area (Å²) >= 11 is 0. The van der Waals surface area contributed by atoms with E-state index in [0.717, 1.165) is 0 Å². The molecule has 2 aromatic rings. The Kier molecular flexibility index (Phi) is 3.69. The molecule has 0 aliphatic carbocycles. The minimum atomic E-state index is -0.929. The monoisotopic (exact) mass is 302 g/mol. The lowest BCUT2D eigenvalue weighted by molar-refractivity contribution is -0.123. The zero-order chi connectivity index (χ0) is 15.5. The Balaban J connectivity index is 1.60. The number of benzene rings is 1. The summed E-state index contributed by atoms with van der Waals surface area (Å²) in [5.74, 6) is 0.176. The summed E-state index contributed by atoms with van der Waals surface area (Å²) in [6.45, 7) is 1.67. The Morgan fingerprint density at radius 2 is 2.09 bits per heavy atom. The van der Waals surface area contributed by atoms with Crippen LogP contribution in [-0.2, 0) is 9.53 Å². The third kappa shape index (κ3) is 2.88. The van der Waals surface area contributed by atoms with Crippen LogP contribution in [0.25, 0.3) is 0 Å². The second kappa shape index (κ2) is 5.80. The molecule has 0 radical (unpaired) electrons. The van der Waals surface area contributed by atoms with Crippen LogP contribution < -0.4 is 14.8 Å². The summed E-state index contributed by atoms with van der Waals surface area (Å²) in [6.07, 6.45) is 0.676. The predicted molar refractivity (Wildman–Crippen MR) is 76.9 cm³/mol. The number of H-pyrrole nitrogens is 1. The van der Waals surface area contributed by atoms with E-state index in [9.17, 15) is 9.59 Å². The zero-order valence-corrected chi connectivity index (χ0v) is 11.8. The van der Waals surface area contributed by atoms with Crippen molar-refractivity contribution in [2.45, 2.75) is 13.0 Å². The van der Waals surface area contributed by atoms with Gasteiger partial charge >= 0.3 is 5.97 Å². The van der Waals surface area contributed by atoms with Crippen LogP contribution in [-0.4, -0.2) is 29.8 Å². The Hall–Kier alpha value is -2.96. The van der Waals surface area contributed by atoms with Crippen LogP contribution in [0.15, 0.2) is 36.5 Å². The van der Waals surface area contributed by atoms with Gasteiger partial charge in [-0.2, -0.15) is 0 Å². The van der Waals surface area contributed by atoms with E-state index in [-0.39, 0.29) is 6.79 Å². The molecule has 0 fully saturated rings. The number of hydrogen-bond acceptors (Lipinski definition) is 5. The molecule has 1 aromatic carbocycles. The number of anilines is 1. The van der Waals surface area contributed by atoms with Gasteiger partial charge in [-0.3, -0.25) is 4.79 Å². The maximum Gasteiger partial charge on any atom is 0.355 e. The van der Waals surface area contributed by atoms with Crippen molar-refractivity contribution >= 4 is 17.6 Å². The number of nitrogens with one attached hydrogen (secondary N) is 2. The van der Waals surface area contributed by atoms with Gasteiger partial charge in [-0.1, -0.05) is 0 Å². The highest BCUT2D eigenvalue weighted by atomic mass is 16.7. The number of hydrogen-bond donors (Lipinski definition) is 2. The van der Waals surface area contributed by atoms with Gasteiger partial charge in [0.05, 0.1) is 0 Å². The molecule has 1 amide bonds. The molecular weight excluding hydrogens is 288 g/mol. The fraction of sp³-hybridized carbons (Fsp3) is 0.200. The largest absolute Gasteiger partial charge is 0.454 e. The molecule has 2 heterocycles. The van der Waals surface area contributed by atoms with Crippen molar-refractivity contribution in [2.75, 3.05) is 12.1 Å². The van der Waals surface area contributed by atoms with Gasteiger partial charge in [-0.25, -0.2) is 4.79 Å². The van der Waals surface area contributed by atoms with Gasteiger partial charge in [-0.05, 0) is 31.2 Å². The fourth-order valence-corrected chi connectivity index (χ4v) is 1.95. The second-order valence-corrected chi connectivity index (χ2v) is 4.69. The second-order valence-electron chi connectivity index (χ2n) is 4.69. The highest BCUT2D eigenvalue weighted by Gasteiger charge is 2.20. The molecule has 1 aliphatic rings. The van der Waals surface area contributed by atoms with Crippen LogP contribution in [0.3, 0.4) is 0 Å². The van der Waals surface area contributed by atoms with Crippen LogP contribution >= 0.6 is 0 Å². The topological polar surface area (TPSA) is 89.7 Å². The fourth-order valence-electron chi connectivity index (χ4n) is 1.95. The molecular formula is C15H14N2O5. The number of aromatic amines is 1. The lowest BCUT2D eigenvalue weighted by Crippen LogP contribution is -2.30. The molecule has 1 aliphatic heterocycles. The summed E-state index contributed by atoms with van der Waals surface area (Å²) < 4.78 is 15.5. The maximum atomic E-state index is 12.0. The average molecular weight is 302 g/mol. The molecule has 7 nitrogen and oxygen atoms in total.